The fraction of sp³-hybridized carbons (Fsp3) is 0.533. The van der Waals surface area contributed by atoms with Crippen LogP contribution in [0.5, 0.6) is 0 Å². The van der Waals surface area contributed by atoms with Crippen molar-refractivity contribution in [3.8, 4) is 0 Å². The molecular weight excluding hydrogens is 238 g/mol. The third-order valence-corrected chi connectivity index (χ3v) is 3.90. The maximum absolute atomic E-state index is 5.90. The molecule has 1 saturated heterocycles. The fourth-order valence-corrected chi connectivity index (χ4v) is 2.94. The first-order valence-electron chi connectivity index (χ1n) is 7.20. The molecule has 1 aliphatic heterocycles. The zero-order chi connectivity index (χ0) is 13.2. The van der Waals surface area contributed by atoms with Gasteiger partial charge in [-0.3, -0.25) is 0 Å². The Hall–Kier alpha value is -1.71. The Balaban J connectivity index is 1.92. The van der Waals surface area contributed by atoms with Crippen molar-refractivity contribution in [3.63, 3.8) is 0 Å². The molecule has 0 radical (unpaired) electrons. The van der Waals surface area contributed by atoms with E-state index in [4.69, 9.17) is 10.2 Å². The molecule has 1 fully saturated rings. The summed E-state index contributed by atoms with van der Waals surface area (Å²) in [5.41, 5.74) is 8.19. The lowest BCUT2D eigenvalue weighted by Crippen LogP contribution is -2.39. The highest BCUT2D eigenvalue weighted by Crippen LogP contribution is 2.30. The van der Waals surface area contributed by atoms with Gasteiger partial charge >= 0.3 is 0 Å². The number of aromatic nitrogens is 1. The van der Waals surface area contributed by atoms with Gasteiger partial charge in [0.05, 0.1) is 0 Å². The van der Waals surface area contributed by atoms with Crippen molar-refractivity contribution in [2.75, 3.05) is 17.2 Å². The maximum atomic E-state index is 5.90. The van der Waals surface area contributed by atoms with Gasteiger partial charge in [0.15, 0.2) is 5.58 Å². The standard InChI is InChI=1S/C15H21N3O/c1-2-5-12-6-3-4-9-18(12)15-17-13-8-7-11(16)10-14(13)19-15/h7-8,10,12H,2-6,9,16H2,1H3. The maximum Gasteiger partial charge on any atom is 0.298 e. The largest absolute Gasteiger partial charge is 0.423 e. The highest BCUT2D eigenvalue weighted by atomic mass is 16.4. The van der Waals surface area contributed by atoms with Crippen LogP contribution in [-0.4, -0.2) is 17.6 Å². The fourth-order valence-electron chi connectivity index (χ4n) is 2.94. The van der Waals surface area contributed by atoms with Crippen LogP contribution in [0.4, 0.5) is 11.7 Å². The molecule has 0 amide bonds. The molecule has 0 spiro atoms. The monoisotopic (exact) mass is 259 g/mol. The van der Waals surface area contributed by atoms with E-state index in [0.717, 1.165) is 29.3 Å². The van der Waals surface area contributed by atoms with Crippen LogP contribution in [0.3, 0.4) is 0 Å². The van der Waals surface area contributed by atoms with Gasteiger partial charge in [-0.2, -0.15) is 4.98 Å². The summed E-state index contributed by atoms with van der Waals surface area (Å²) in [6.07, 6.45) is 6.19. The smallest absolute Gasteiger partial charge is 0.298 e. The Morgan fingerprint density at radius 1 is 1.42 bits per heavy atom. The molecule has 0 aliphatic carbocycles. The van der Waals surface area contributed by atoms with Crippen LogP contribution >= 0.6 is 0 Å². The zero-order valence-electron chi connectivity index (χ0n) is 11.4. The Bertz CT molecular complexity index is 562. The minimum absolute atomic E-state index is 0.573. The molecule has 4 heteroatoms. The predicted molar refractivity (Wildman–Crippen MR) is 78.3 cm³/mol. The number of oxazole rings is 1. The molecule has 2 aromatic rings. The summed E-state index contributed by atoms with van der Waals surface area (Å²) >= 11 is 0. The Morgan fingerprint density at radius 3 is 3.16 bits per heavy atom. The Morgan fingerprint density at radius 2 is 2.32 bits per heavy atom. The average Bonchev–Trinajstić information content (AvgIpc) is 2.82. The van der Waals surface area contributed by atoms with E-state index in [2.05, 4.69) is 16.8 Å². The van der Waals surface area contributed by atoms with Crippen molar-refractivity contribution < 1.29 is 4.42 Å². The molecule has 1 aromatic heterocycles. The van der Waals surface area contributed by atoms with E-state index in [-0.39, 0.29) is 0 Å². The van der Waals surface area contributed by atoms with E-state index < -0.39 is 0 Å². The highest BCUT2D eigenvalue weighted by molar-refractivity contribution is 5.78. The van der Waals surface area contributed by atoms with E-state index >= 15 is 0 Å². The van der Waals surface area contributed by atoms with Crippen LogP contribution in [0.25, 0.3) is 11.1 Å². The first-order chi connectivity index (χ1) is 9.28. The first-order valence-corrected chi connectivity index (χ1v) is 7.20. The number of nitrogens with two attached hydrogens (primary N) is 1. The van der Waals surface area contributed by atoms with Crippen molar-refractivity contribution in [1.29, 1.82) is 0 Å². The van der Waals surface area contributed by atoms with Crippen LogP contribution in [0.15, 0.2) is 22.6 Å². The molecular formula is C15H21N3O. The molecule has 1 unspecified atom stereocenters. The SMILES string of the molecule is CCCC1CCCCN1c1nc2ccc(N)cc2o1. The minimum atomic E-state index is 0.573. The first kappa shape index (κ1) is 12.3. The number of piperidine rings is 1. The number of rotatable bonds is 3. The van der Waals surface area contributed by atoms with Crippen LogP contribution in [-0.2, 0) is 0 Å². The number of hydrogen-bond acceptors (Lipinski definition) is 4. The van der Waals surface area contributed by atoms with E-state index in [1.165, 1.54) is 32.1 Å². The second kappa shape index (κ2) is 5.11. The Kier molecular flexibility index (Phi) is 3.32. The van der Waals surface area contributed by atoms with Gasteiger partial charge in [-0.25, -0.2) is 0 Å². The van der Waals surface area contributed by atoms with Gasteiger partial charge in [-0.15, -0.1) is 0 Å². The lowest BCUT2D eigenvalue weighted by atomic mass is 9.99. The van der Waals surface area contributed by atoms with Crippen molar-refractivity contribution in [3.05, 3.63) is 18.2 Å². The van der Waals surface area contributed by atoms with Gasteiger partial charge in [0, 0.05) is 24.3 Å². The molecule has 3 rings (SSSR count). The quantitative estimate of drug-likeness (QED) is 0.856. The third kappa shape index (κ3) is 2.39. The van der Waals surface area contributed by atoms with Crippen molar-refractivity contribution in [2.24, 2.45) is 0 Å². The van der Waals surface area contributed by atoms with Crippen molar-refractivity contribution in [2.45, 2.75) is 45.1 Å². The number of hydrogen-bond donors (Lipinski definition) is 1. The second-order valence-corrected chi connectivity index (χ2v) is 5.36. The lowest BCUT2D eigenvalue weighted by Gasteiger charge is -2.34. The molecule has 1 aliphatic rings. The number of benzene rings is 1. The molecule has 2 heterocycles. The molecule has 0 bridgehead atoms. The molecule has 1 aromatic carbocycles. The van der Waals surface area contributed by atoms with Gasteiger partial charge in [0.1, 0.15) is 5.52 Å². The molecule has 19 heavy (non-hydrogen) atoms. The minimum Gasteiger partial charge on any atom is -0.423 e. The van der Waals surface area contributed by atoms with E-state index in [1.807, 2.05) is 18.2 Å². The molecule has 4 nitrogen and oxygen atoms in total. The highest BCUT2D eigenvalue weighted by Gasteiger charge is 2.25. The van der Waals surface area contributed by atoms with Crippen LogP contribution in [0.1, 0.15) is 39.0 Å². The van der Waals surface area contributed by atoms with Gasteiger partial charge in [-0.05, 0) is 37.8 Å². The van der Waals surface area contributed by atoms with E-state index in [9.17, 15) is 0 Å². The van der Waals surface area contributed by atoms with Crippen LogP contribution < -0.4 is 10.6 Å². The molecule has 1 atom stereocenters. The summed E-state index contributed by atoms with van der Waals surface area (Å²) in [4.78, 5) is 6.95. The average molecular weight is 259 g/mol. The summed E-state index contributed by atoms with van der Waals surface area (Å²) in [6.45, 7) is 3.28. The van der Waals surface area contributed by atoms with Crippen LogP contribution in [0, 0.1) is 0 Å². The Labute approximate surface area is 113 Å². The van der Waals surface area contributed by atoms with E-state index in [1.54, 1.807) is 0 Å². The molecule has 2 N–H and O–H groups in total. The summed E-state index contributed by atoms with van der Waals surface area (Å²) in [7, 11) is 0. The zero-order valence-corrected chi connectivity index (χ0v) is 11.4. The lowest BCUT2D eigenvalue weighted by molar-refractivity contribution is 0.404. The van der Waals surface area contributed by atoms with Gasteiger partial charge < -0.3 is 15.1 Å². The van der Waals surface area contributed by atoms with E-state index in [0.29, 0.717) is 6.04 Å². The molecule has 0 saturated carbocycles. The van der Waals surface area contributed by atoms with Crippen LogP contribution in [0.2, 0.25) is 0 Å². The molecule has 102 valence electrons. The summed E-state index contributed by atoms with van der Waals surface area (Å²) in [5, 5.41) is 0. The predicted octanol–water partition coefficient (Wildman–Crippen LogP) is 3.57. The number of anilines is 2. The number of fused-ring (bicyclic) bond motifs is 1. The van der Waals surface area contributed by atoms with Crippen molar-refractivity contribution >= 4 is 22.8 Å². The normalized spacial score (nSPS) is 20.1. The number of nitrogen functional groups attached to an aromatic ring is 1. The topological polar surface area (TPSA) is 55.3 Å². The third-order valence-electron chi connectivity index (χ3n) is 3.90. The summed E-state index contributed by atoms with van der Waals surface area (Å²) < 4.78 is 5.90. The summed E-state index contributed by atoms with van der Waals surface area (Å²) in [6, 6.07) is 6.98. The van der Waals surface area contributed by atoms with Gasteiger partial charge in [-0.1, -0.05) is 13.3 Å². The van der Waals surface area contributed by atoms with Gasteiger partial charge in [0.25, 0.3) is 6.01 Å². The van der Waals surface area contributed by atoms with Crippen molar-refractivity contribution in [1.82, 2.24) is 4.98 Å². The number of nitrogens with zero attached hydrogens (tertiary/aromatic N) is 2. The second-order valence-electron chi connectivity index (χ2n) is 5.36. The van der Waals surface area contributed by atoms with Gasteiger partial charge in [0.2, 0.25) is 0 Å². The summed E-state index contributed by atoms with van der Waals surface area (Å²) in [5.74, 6) is 0.